The fourth-order valence-corrected chi connectivity index (χ4v) is 1.55. The fourth-order valence-electron chi connectivity index (χ4n) is 1.55. The Hall–Kier alpha value is -0.830. The number of hydrogen-bond acceptors (Lipinski definition) is 2. The molecule has 1 aromatic heterocycles. The summed E-state index contributed by atoms with van der Waals surface area (Å²) in [5.41, 5.74) is 2.97. The molecule has 1 atom stereocenters. The summed E-state index contributed by atoms with van der Waals surface area (Å²) in [5, 5.41) is 14.2. The van der Waals surface area contributed by atoms with Crippen LogP contribution >= 0.6 is 0 Å². The van der Waals surface area contributed by atoms with Crippen LogP contribution in [0.2, 0.25) is 0 Å². The molecule has 0 saturated carbocycles. The summed E-state index contributed by atoms with van der Waals surface area (Å²) in [6.45, 7) is 7.95. The third kappa shape index (κ3) is 1.75. The van der Waals surface area contributed by atoms with Crippen molar-refractivity contribution in [2.24, 2.45) is 13.0 Å². The molecule has 0 aliphatic heterocycles. The molecular formula is C10H18N2O. The number of hydrogen-bond donors (Lipinski definition) is 1. The number of rotatable bonds is 2. The van der Waals surface area contributed by atoms with Crippen molar-refractivity contribution < 1.29 is 5.11 Å². The van der Waals surface area contributed by atoms with Gasteiger partial charge in [-0.2, -0.15) is 5.10 Å². The summed E-state index contributed by atoms with van der Waals surface area (Å²) in [5.74, 6) is 0.238. The number of aliphatic hydroxyl groups is 1. The lowest BCUT2D eigenvalue weighted by molar-refractivity contribution is 0.125. The lowest BCUT2D eigenvalue weighted by atomic mass is 9.98. The highest BCUT2D eigenvalue weighted by molar-refractivity contribution is 5.27. The van der Waals surface area contributed by atoms with E-state index >= 15 is 0 Å². The SMILES string of the molecule is Cc1nn(C)c(C)c1C(O)C(C)C. The molecule has 1 unspecified atom stereocenters. The van der Waals surface area contributed by atoms with Crippen LogP contribution in [0.3, 0.4) is 0 Å². The molecule has 0 aliphatic rings. The topological polar surface area (TPSA) is 38.0 Å². The summed E-state index contributed by atoms with van der Waals surface area (Å²) in [6.07, 6.45) is -0.395. The molecule has 0 spiro atoms. The molecule has 0 amide bonds. The lowest BCUT2D eigenvalue weighted by Gasteiger charge is -2.14. The van der Waals surface area contributed by atoms with Gasteiger partial charge in [-0.25, -0.2) is 0 Å². The Morgan fingerprint density at radius 2 is 1.85 bits per heavy atom. The van der Waals surface area contributed by atoms with E-state index in [-0.39, 0.29) is 5.92 Å². The molecule has 0 bridgehead atoms. The van der Waals surface area contributed by atoms with Crippen LogP contribution in [-0.4, -0.2) is 14.9 Å². The monoisotopic (exact) mass is 182 g/mol. The molecule has 0 saturated heterocycles. The Morgan fingerprint density at radius 3 is 2.15 bits per heavy atom. The number of aryl methyl sites for hydroxylation is 2. The van der Waals surface area contributed by atoms with Crippen molar-refractivity contribution in [3.8, 4) is 0 Å². The van der Waals surface area contributed by atoms with Crippen LogP contribution in [0.25, 0.3) is 0 Å². The van der Waals surface area contributed by atoms with Gasteiger partial charge in [0.15, 0.2) is 0 Å². The molecule has 1 aromatic rings. The van der Waals surface area contributed by atoms with E-state index in [1.54, 1.807) is 0 Å². The fraction of sp³-hybridized carbons (Fsp3) is 0.700. The summed E-state index contributed by atoms with van der Waals surface area (Å²) in [7, 11) is 1.90. The number of aromatic nitrogens is 2. The molecule has 13 heavy (non-hydrogen) atoms. The molecule has 1 N–H and O–H groups in total. The Balaban J connectivity index is 3.13. The van der Waals surface area contributed by atoms with Gasteiger partial charge in [0.1, 0.15) is 0 Å². The van der Waals surface area contributed by atoms with Crippen LogP contribution in [0.15, 0.2) is 0 Å². The van der Waals surface area contributed by atoms with Gasteiger partial charge in [0.2, 0.25) is 0 Å². The molecule has 0 fully saturated rings. The van der Waals surface area contributed by atoms with Gasteiger partial charge in [-0.05, 0) is 19.8 Å². The Kier molecular flexibility index (Phi) is 2.76. The van der Waals surface area contributed by atoms with Crippen molar-refractivity contribution in [3.05, 3.63) is 17.0 Å². The molecule has 3 nitrogen and oxygen atoms in total. The second-order valence-corrected chi connectivity index (χ2v) is 3.90. The Morgan fingerprint density at radius 1 is 1.31 bits per heavy atom. The summed E-state index contributed by atoms with van der Waals surface area (Å²) in [6, 6.07) is 0. The first-order valence-corrected chi connectivity index (χ1v) is 4.63. The van der Waals surface area contributed by atoms with E-state index < -0.39 is 6.10 Å². The van der Waals surface area contributed by atoms with Crippen molar-refractivity contribution in [2.75, 3.05) is 0 Å². The van der Waals surface area contributed by atoms with E-state index in [4.69, 9.17) is 0 Å². The molecule has 0 radical (unpaired) electrons. The first-order valence-electron chi connectivity index (χ1n) is 4.63. The van der Waals surface area contributed by atoms with Crippen LogP contribution in [0.5, 0.6) is 0 Å². The minimum absolute atomic E-state index is 0.238. The van der Waals surface area contributed by atoms with Gasteiger partial charge in [0, 0.05) is 18.3 Å². The van der Waals surface area contributed by atoms with Gasteiger partial charge >= 0.3 is 0 Å². The van der Waals surface area contributed by atoms with Crippen molar-refractivity contribution >= 4 is 0 Å². The number of nitrogens with zero attached hydrogens (tertiary/aromatic N) is 2. The smallest absolute Gasteiger partial charge is 0.0848 e. The predicted octanol–water partition coefficient (Wildman–Crippen LogP) is 1.73. The first kappa shape index (κ1) is 10.3. The number of aliphatic hydroxyl groups excluding tert-OH is 1. The maximum Gasteiger partial charge on any atom is 0.0848 e. The van der Waals surface area contributed by atoms with Gasteiger partial charge in [-0.1, -0.05) is 13.8 Å². The third-order valence-electron chi connectivity index (χ3n) is 2.49. The maximum atomic E-state index is 9.92. The van der Waals surface area contributed by atoms with Gasteiger partial charge < -0.3 is 5.11 Å². The van der Waals surface area contributed by atoms with Gasteiger partial charge in [0.25, 0.3) is 0 Å². The summed E-state index contributed by atoms with van der Waals surface area (Å²) in [4.78, 5) is 0. The van der Waals surface area contributed by atoms with Gasteiger partial charge in [0.05, 0.1) is 11.8 Å². The zero-order valence-electron chi connectivity index (χ0n) is 9.00. The van der Waals surface area contributed by atoms with E-state index in [2.05, 4.69) is 5.10 Å². The third-order valence-corrected chi connectivity index (χ3v) is 2.49. The van der Waals surface area contributed by atoms with Crippen molar-refractivity contribution in [1.82, 2.24) is 9.78 Å². The van der Waals surface area contributed by atoms with Crippen molar-refractivity contribution in [1.29, 1.82) is 0 Å². The second kappa shape index (κ2) is 3.50. The first-order chi connectivity index (χ1) is 5.95. The second-order valence-electron chi connectivity index (χ2n) is 3.90. The standard InChI is InChI=1S/C10H18N2O/c1-6(2)10(13)9-7(3)11-12(5)8(9)4/h6,10,13H,1-5H3. The van der Waals surface area contributed by atoms with E-state index in [0.717, 1.165) is 17.0 Å². The quantitative estimate of drug-likeness (QED) is 0.756. The average molecular weight is 182 g/mol. The van der Waals surface area contributed by atoms with E-state index in [1.165, 1.54) is 0 Å². The van der Waals surface area contributed by atoms with Gasteiger partial charge in [-0.15, -0.1) is 0 Å². The molecular weight excluding hydrogens is 164 g/mol. The van der Waals surface area contributed by atoms with Crippen LogP contribution in [0.1, 0.15) is 36.9 Å². The molecule has 0 aliphatic carbocycles. The average Bonchev–Trinajstić information content (AvgIpc) is 2.26. The normalized spacial score (nSPS) is 13.8. The van der Waals surface area contributed by atoms with E-state index in [9.17, 15) is 5.11 Å². The van der Waals surface area contributed by atoms with Crippen LogP contribution < -0.4 is 0 Å². The highest BCUT2D eigenvalue weighted by Crippen LogP contribution is 2.26. The van der Waals surface area contributed by atoms with Crippen molar-refractivity contribution in [2.45, 2.75) is 33.8 Å². The minimum atomic E-state index is -0.395. The Labute approximate surface area is 79.4 Å². The van der Waals surface area contributed by atoms with Crippen molar-refractivity contribution in [3.63, 3.8) is 0 Å². The minimum Gasteiger partial charge on any atom is -0.388 e. The summed E-state index contributed by atoms with van der Waals surface area (Å²) < 4.78 is 1.82. The van der Waals surface area contributed by atoms with Crippen LogP contribution in [0.4, 0.5) is 0 Å². The molecule has 1 heterocycles. The largest absolute Gasteiger partial charge is 0.388 e. The van der Waals surface area contributed by atoms with Crippen LogP contribution in [0, 0.1) is 19.8 Å². The molecule has 74 valence electrons. The summed E-state index contributed by atoms with van der Waals surface area (Å²) >= 11 is 0. The van der Waals surface area contributed by atoms with Crippen LogP contribution in [-0.2, 0) is 7.05 Å². The zero-order valence-corrected chi connectivity index (χ0v) is 9.00. The maximum absolute atomic E-state index is 9.92. The van der Waals surface area contributed by atoms with Gasteiger partial charge in [-0.3, -0.25) is 4.68 Å². The highest BCUT2D eigenvalue weighted by Gasteiger charge is 2.20. The van der Waals surface area contributed by atoms with E-state index in [1.807, 2.05) is 39.4 Å². The zero-order chi connectivity index (χ0) is 10.2. The molecule has 3 heteroatoms. The highest BCUT2D eigenvalue weighted by atomic mass is 16.3. The predicted molar refractivity (Wildman–Crippen MR) is 52.5 cm³/mol. The molecule has 1 rings (SSSR count). The van der Waals surface area contributed by atoms with E-state index in [0.29, 0.717) is 0 Å². The Bertz CT molecular complexity index is 302. The molecule has 0 aromatic carbocycles. The lowest BCUT2D eigenvalue weighted by Crippen LogP contribution is -2.07.